The Labute approximate surface area is 188 Å². The summed E-state index contributed by atoms with van der Waals surface area (Å²) in [6.45, 7) is 5.56. The van der Waals surface area contributed by atoms with Gasteiger partial charge in [-0.05, 0) is 45.1 Å². The topological polar surface area (TPSA) is 220 Å². The van der Waals surface area contributed by atoms with Gasteiger partial charge in [0, 0.05) is 6.42 Å². The highest BCUT2D eigenvalue weighted by molar-refractivity contribution is 5.94. The van der Waals surface area contributed by atoms with Crippen LogP contribution < -0.4 is 33.2 Å². The van der Waals surface area contributed by atoms with Crippen molar-refractivity contribution in [2.24, 2.45) is 23.1 Å². The van der Waals surface area contributed by atoms with E-state index in [0.29, 0.717) is 25.8 Å². The summed E-state index contributed by atoms with van der Waals surface area (Å²) in [5, 5.41) is 16.7. The lowest BCUT2D eigenvalue weighted by molar-refractivity contribution is -0.142. The SMILES string of the molecule is CCC(C)C(N)C(=O)NC(C)C(=O)NC(CCCCN)C(=O)NC(CCC(N)=O)C(=O)O. The van der Waals surface area contributed by atoms with Crippen LogP contribution >= 0.6 is 0 Å². The van der Waals surface area contributed by atoms with Crippen LogP contribution in [0.4, 0.5) is 0 Å². The van der Waals surface area contributed by atoms with Gasteiger partial charge in [0.1, 0.15) is 18.1 Å². The molecule has 0 bridgehead atoms. The van der Waals surface area contributed by atoms with Crippen LogP contribution in [0.2, 0.25) is 0 Å². The summed E-state index contributed by atoms with van der Waals surface area (Å²) in [5.74, 6) is -3.92. The molecule has 0 spiro atoms. The van der Waals surface area contributed by atoms with Crippen LogP contribution in [-0.4, -0.2) is 65.4 Å². The smallest absolute Gasteiger partial charge is 0.326 e. The fourth-order valence-corrected chi connectivity index (χ4v) is 2.76. The molecule has 0 aliphatic rings. The van der Waals surface area contributed by atoms with Crippen molar-refractivity contribution in [3.63, 3.8) is 0 Å². The van der Waals surface area contributed by atoms with Crippen molar-refractivity contribution in [2.45, 2.75) is 83.5 Å². The van der Waals surface area contributed by atoms with E-state index < -0.39 is 53.8 Å². The minimum atomic E-state index is -1.34. The summed E-state index contributed by atoms with van der Waals surface area (Å²) in [4.78, 5) is 59.8. The summed E-state index contributed by atoms with van der Waals surface area (Å²) >= 11 is 0. The molecule has 0 saturated heterocycles. The lowest BCUT2D eigenvalue weighted by atomic mass is 9.99. The number of amides is 4. The Balaban J connectivity index is 5.17. The van der Waals surface area contributed by atoms with Crippen LogP contribution in [0.3, 0.4) is 0 Å². The van der Waals surface area contributed by atoms with Crippen LogP contribution in [0.1, 0.15) is 59.3 Å². The number of aliphatic carboxylic acids is 1. The van der Waals surface area contributed by atoms with E-state index in [2.05, 4.69) is 16.0 Å². The first-order chi connectivity index (χ1) is 14.9. The second-order valence-corrected chi connectivity index (χ2v) is 7.89. The molecule has 0 aliphatic carbocycles. The fraction of sp³-hybridized carbons (Fsp3) is 0.750. The van der Waals surface area contributed by atoms with Gasteiger partial charge in [-0.2, -0.15) is 0 Å². The summed E-state index contributed by atoms with van der Waals surface area (Å²) in [6, 6.07) is -4.13. The number of primary amides is 1. The molecule has 0 radical (unpaired) electrons. The number of unbranched alkanes of at least 4 members (excludes halogenated alkanes) is 1. The maximum atomic E-state index is 12.7. The average Bonchev–Trinajstić information content (AvgIpc) is 2.73. The molecular weight excluding hydrogens is 420 g/mol. The summed E-state index contributed by atoms with van der Waals surface area (Å²) in [6.07, 6.45) is 1.61. The van der Waals surface area contributed by atoms with Crippen LogP contribution in [0.15, 0.2) is 0 Å². The molecular formula is C20H38N6O6. The van der Waals surface area contributed by atoms with Crippen molar-refractivity contribution in [1.29, 1.82) is 0 Å². The van der Waals surface area contributed by atoms with E-state index in [-0.39, 0.29) is 25.2 Å². The Morgan fingerprint density at radius 1 is 0.875 bits per heavy atom. The minimum Gasteiger partial charge on any atom is -0.480 e. The average molecular weight is 459 g/mol. The Morgan fingerprint density at radius 2 is 1.47 bits per heavy atom. The highest BCUT2D eigenvalue weighted by atomic mass is 16.4. The van der Waals surface area contributed by atoms with Crippen molar-refractivity contribution >= 4 is 29.6 Å². The molecule has 0 aromatic rings. The molecule has 5 atom stereocenters. The van der Waals surface area contributed by atoms with Gasteiger partial charge in [-0.15, -0.1) is 0 Å². The van der Waals surface area contributed by atoms with Crippen LogP contribution in [0.5, 0.6) is 0 Å². The van der Waals surface area contributed by atoms with Crippen LogP contribution in [0, 0.1) is 5.92 Å². The number of nitrogens with one attached hydrogen (secondary N) is 3. The van der Waals surface area contributed by atoms with Crippen molar-refractivity contribution in [2.75, 3.05) is 6.54 Å². The zero-order chi connectivity index (χ0) is 24.8. The first kappa shape index (κ1) is 29.3. The number of hydrogen-bond acceptors (Lipinski definition) is 7. The molecule has 184 valence electrons. The zero-order valence-electron chi connectivity index (χ0n) is 19.1. The Bertz CT molecular complexity index is 658. The van der Waals surface area contributed by atoms with E-state index >= 15 is 0 Å². The van der Waals surface area contributed by atoms with Crippen molar-refractivity contribution in [3.05, 3.63) is 0 Å². The molecule has 12 heteroatoms. The lowest BCUT2D eigenvalue weighted by Crippen LogP contribution is -2.56. The van der Waals surface area contributed by atoms with Gasteiger partial charge in [0.2, 0.25) is 23.6 Å². The minimum absolute atomic E-state index is 0.0756. The van der Waals surface area contributed by atoms with E-state index in [1.54, 1.807) is 0 Å². The molecule has 0 aromatic heterocycles. The van der Waals surface area contributed by atoms with E-state index in [1.807, 2.05) is 13.8 Å². The van der Waals surface area contributed by atoms with Crippen LogP contribution in [0.25, 0.3) is 0 Å². The molecule has 0 saturated carbocycles. The first-order valence-corrected chi connectivity index (χ1v) is 10.8. The van der Waals surface area contributed by atoms with Gasteiger partial charge in [0.25, 0.3) is 0 Å². The zero-order valence-corrected chi connectivity index (χ0v) is 19.1. The largest absolute Gasteiger partial charge is 0.480 e. The summed E-state index contributed by atoms with van der Waals surface area (Å²) < 4.78 is 0. The first-order valence-electron chi connectivity index (χ1n) is 10.8. The monoisotopic (exact) mass is 458 g/mol. The van der Waals surface area contributed by atoms with Gasteiger partial charge in [-0.3, -0.25) is 19.2 Å². The predicted octanol–water partition coefficient (Wildman–Crippen LogP) is -1.69. The van der Waals surface area contributed by atoms with Crippen molar-refractivity contribution in [3.8, 4) is 0 Å². The third-order valence-corrected chi connectivity index (χ3v) is 5.19. The number of carbonyl (C=O) groups excluding carboxylic acids is 4. The Morgan fingerprint density at radius 3 is 1.97 bits per heavy atom. The predicted molar refractivity (Wildman–Crippen MR) is 118 cm³/mol. The lowest BCUT2D eigenvalue weighted by Gasteiger charge is -2.24. The van der Waals surface area contributed by atoms with Crippen LogP contribution in [-0.2, 0) is 24.0 Å². The standard InChI is InChI=1S/C20H38N6O6/c1-4-11(2)16(23)19(30)24-12(3)17(28)25-13(7-5-6-10-21)18(29)26-14(20(31)32)8-9-15(22)27/h11-14,16H,4-10,21,23H2,1-3H3,(H2,22,27)(H,24,30)(H,25,28)(H,26,29)(H,31,32). The third kappa shape index (κ3) is 11.0. The number of carboxylic acids is 1. The maximum absolute atomic E-state index is 12.7. The fourth-order valence-electron chi connectivity index (χ4n) is 2.76. The highest BCUT2D eigenvalue weighted by Gasteiger charge is 2.29. The van der Waals surface area contributed by atoms with E-state index in [1.165, 1.54) is 6.92 Å². The number of hydrogen-bond donors (Lipinski definition) is 7. The van der Waals surface area contributed by atoms with Gasteiger partial charge in [0.15, 0.2) is 0 Å². The molecule has 0 aliphatic heterocycles. The van der Waals surface area contributed by atoms with Gasteiger partial charge in [0.05, 0.1) is 6.04 Å². The van der Waals surface area contributed by atoms with Gasteiger partial charge in [-0.1, -0.05) is 20.3 Å². The molecule has 32 heavy (non-hydrogen) atoms. The second-order valence-electron chi connectivity index (χ2n) is 7.89. The van der Waals surface area contributed by atoms with Gasteiger partial charge >= 0.3 is 5.97 Å². The normalized spacial score (nSPS) is 15.5. The quantitative estimate of drug-likeness (QED) is 0.132. The van der Waals surface area contributed by atoms with E-state index in [4.69, 9.17) is 17.2 Å². The molecule has 0 rings (SSSR count). The van der Waals surface area contributed by atoms with Crippen molar-refractivity contribution < 1.29 is 29.1 Å². The maximum Gasteiger partial charge on any atom is 0.326 e. The molecule has 0 fully saturated rings. The number of carbonyl (C=O) groups is 5. The van der Waals surface area contributed by atoms with Gasteiger partial charge in [-0.25, -0.2) is 4.79 Å². The molecule has 12 nitrogen and oxygen atoms in total. The third-order valence-electron chi connectivity index (χ3n) is 5.19. The van der Waals surface area contributed by atoms with Gasteiger partial charge < -0.3 is 38.3 Å². The number of carboxylic acid groups (broad SMARTS) is 1. The summed E-state index contributed by atoms with van der Waals surface area (Å²) in [7, 11) is 0. The molecule has 4 amide bonds. The Kier molecular flexibility index (Phi) is 13.8. The molecule has 0 aromatic carbocycles. The molecule has 0 heterocycles. The Hall–Kier alpha value is -2.73. The molecule has 5 unspecified atom stereocenters. The highest BCUT2D eigenvalue weighted by Crippen LogP contribution is 2.07. The summed E-state index contributed by atoms with van der Waals surface area (Å²) in [5.41, 5.74) is 16.4. The number of nitrogens with two attached hydrogens (primary N) is 3. The second kappa shape index (κ2) is 15.1. The van der Waals surface area contributed by atoms with E-state index in [0.717, 1.165) is 0 Å². The van der Waals surface area contributed by atoms with E-state index in [9.17, 15) is 29.1 Å². The number of rotatable bonds is 16. The molecule has 10 N–H and O–H groups in total. The van der Waals surface area contributed by atoms with Crippen molar-refractivity contribution in [1.82, 2.24) is 16.0 Å².